The summed E-state index contributed by atoms with van der Waals surface area (Å²) in [5.74, 6) is -0.201. The van der Waals surface area contributed by atoms with E-state index in [4.69, 9.17) is 9.47 Å². The van der Waals surface area contributed by atoms with Crippen molar-refractivity contribution in [2.24, 2.45) is 5.41 Å². The summed E-state index contributed by atoms with van der Waals surface area (Å²) < 4.78 is 12.2. The lowest BCUT2D eigenvalue weighted by Crippen LogP contribution is -2.52. The van der Waals surface area contributed by atoms with Gasteiger partial charge in [0.05, 0.1) is 18.1 Å². The van der Waals surface area contributed by atoms with E-state index in [9.17, 15) is 4.79 Å². The molecule has 2 aliphatic rings. The third-order valence-corrected chi connectivity index (χ3v) is 4.57. The Morgan fingerprint density at radius 1 is 1.37 bits per heavy atom. The molecular weight excluding hydrogens is 240 g/mol. The molecular formula is C16H26O3. The van der Waals surface area contributed by atoms with Crippen molar-refractivity contribution in [3.05, 3.63) is 12.7 Å². The maximum atomic E-state index is 12.2. The number of rotatable bonds is 4. The highest BCUT2D eigenvalue weighted by atomic mass is 16.7. The Morgan fingerprint density at radius 2 is 2.05 bits per heavy atom. The Hall–Kier alpha value is -0.670. The van der Waals surface area contributed by atoms with Crippen LogP contribution in [-0.4, -0.2) is 24.3 Å². The first kappa shape index (κ1) is 14.7. The van der Waals surface area contributed by atoms with Crippen molar-refractivity contribution >= 4 is 5.78 Å². The maximum absolute atomic E-state index is 12.2. The fourth-order valence-electron chi connectivity index (χ4n) is 3.14. The Bertz CT molecular complexity index is 334. The van der Waals surface area contributed by atoms with E-state index >= 15 is 0 Å². The molecule has 0 bridgehead atoms. The Kier molecular flexibility index (Phi) is 4.46. The molecule has 0 N–H and O–H groups in total. The molecule has 1 unspecified atom stereocenters. The fourth-order valence-corrected chi connectivity index (χ4v) is 3.14. The van der Waals surface area contributed by atoms with Crippen LogP contribution in [-0.2, 0) is 14.3 Å². The number of ketones is 1. The summed E-state index contributed by atoms with van der Waals surface area (Å²) in [6.45, 7) is 8.34. The van der Waals surface area contributed by atoms with E-state index in [0.29, 0.717) is 13.0 Å². The Morgan fingerprint density at radius 3 is 2.68 bits per heavy atom. The van der Waals surface area contributed by atoms with Gasteiger partial charge >= 0.3 is 0 Å². The molecule has 0 radical (unpaired) electrons. The number of hydrogen-bond donors (Lipinski definition) is 0. The first-order chi connectivity index (χ1) is 9.00. The highest BCUT2D eigenvalue weighted by molar-refractivity contribution is 5.85. The van der Waals surface area contributed by atoms with Gasteiger partial charge in [-0.2, -0.15) is 0 Å². The van der Waals surface area contributed by atoms with Crippen molar-refractivity contribution < 1.29 is 14.3 Å². The van der Waals surface area contributed by atoms with E-state index in [1.165, 1.54) is 6.42 Å². The van der Waals surface area contributed by atoms with Crippen LogP contribution < -0.4 is 0 Å². The van der Waals surface area contributed by atoms with Gasteiger partial charge in [0.1, 0.15) is 5.78 Å². The van der Waals surface area contributed by atoms with Crippen LogP contribution in [0.25, 0.3) is 0 Å². The monoisotopic (exact) mass is 266 g/mol. The molecule has 2 rings (SSSR count). The number of carbonyl (C=O) groups is 1. The molecule has 19 heavy (non-hydrogen) atoms. The van der Waals surface area contributed by atoms with Crippen molar-refractivity contribution in [1.82, 2.24) is 0 Å². The van der Waals surface area contributed by atoms with Crippen LogP contribution in [0.2, 0.25) is 0 Å². The van der Waals surface area contributed by atoms with Crippen molar-refractivity contribution in [2.45, 2.75) is 70.7 Å². The van der Waals surface area contributed by atoms with Crippen LogP contribution in [0.4, 0.5) is 0 Å². The zero-order chi connectivity index (χ0) is 13.9. The lowest BCUT2D eigenvalue weighted by Gasteiger charge is -2.47. The van der Waals surface area contributed by atoms with E-state index in [2.05, 4.69) is 6.58 Å². The summed E-state index contributed by atoms with van der Waals surface area (Å²) >= 11 is 0. The molecule has 3 nitrogen and oxygen atoms in total. The quantitative estimate of drug-likeness (QED) is 0.729. The van der Waals surface area contributed by atoms with Gasteiger partial charge < -0.3 is 9.47 Å². The van der Waals surface area contributed by atoms with Gasteiger partial charge in [-0.3, -0.25) is 4.79 Å². The van der Waals surface area contributed by atoms with Gasteiger partial charge in [-0.15, -0.1) is 6.58 Å². The fraction of sp³-hybridized carbons (Fsp3) is 0.812. The maximum Gasteiger partial charge on any atom is 0.168 e. The molecule has 1 aliphatic heterocycles. The van der Waals surface area contributed by atoms with Crippen molar-refractivity contribution in [2.75, 3.05) is 6.61 Å². The topological polar surface area (TPSA) is 35.5 Å². The molecule has 0 aromatic heterocycles. The number of ether oxygens (including phenoxy) is 2. The highest BCUT2D eigenvalue weighted by Crippen LogP contribution is 2.41. The molecule has 1 aliphatic carbocycles. The molecule has 108 valence electrons. The van der Waals surface area contributed by atoms with Crippen LogP contribution in [0.1, 0.15) is 58.8 Å². The summed E-state index contributed by atoms with van der Waals surface area (Å²) in [5.41, 5.74) is -0.456. The van der Waals surface area contributed by atoms with E-state index in [-0.39, 0.29) is 11.9 Å². The molecule has 3 heteroatoms. The molecule has 1 saturated heterocycles. The minimum Gasteiger partial charge on any atom is -0.350 e. The van der Waals surface area contributed by atoms with Crippen molar-refractivity contribution in [3.8, 4) is 0 Å². The second-order valence-electron chi connectivity index (χ2n) is 6.35. The molecule has 0 aromatic rings. The standard InChI is InChI=1S/C16H26O3/c1-4-8-13(17)15(2,3)14-9-12-18-16(19-14)10-6-5-7-11-16/h4,14H,1,5-12H2,2-3H3. The summed E-state index contributed by atoms with van der Waals surface area (Å²) in [6, 6.07) is 0. The van der Waals surface area contributed by atoms with Crippen LogP contribution in [0.3, 0.4) is 0 Å². The van der Waals surface area contributed by atoms with E-state index in [1.807, 2.05) is 13.8 Å². The molecule has 1 saturated carbocycles. The highest BCUT2D eigenvalue weighted by Gasteiger charge is 2.46. The Balaban J connectivity index is 2.07. The first-order valence-electron chi connectivity index (χ1n) is 7.46. The van der Waals surface area contributed by atoms with Gasteiger partial charge in [0.15, 0.2) is 5.79 Å². The SMILES string of the molecule is C=CCC(=O)C(C)(C)C1CCOC2(CCCCC2)O1. The third kappa shape index (κ3) is 3.09. The second-order valence-corrected chi connectivity index (χ2v) is 6.35. The molecule has 2 fully saturated rings. The van der Waals surface area contributed by atoms with Crippen LogP contribution in [0.5, 0.6) is 0 Å². The summed E-state index contributed by atoms with van der Waals surface area (Å²) in [4.78, 5) is 12.2. The lowest BCUT2D eigenvalue weighted by molar-refractivity contribution is -0.317. The van der Waals surface area contributed by atoms with Gasteiger partial charge in [-0.05, 0) is 19.3 Å². The predicted octanol–water partition coefficient (Wildman–Crippen LogP) is 3.62. The minimum absolute atomic E-state index is 0.0354. The summed E-state index contributed by atoms with van der Waals surface area (Å²) in [6.07, 6.45) is 8.38. The predicted molar refractivity (Wildman–Crippen MR) is 74.9 cm³/mol. The average Bonchev–Trinajstić information content (AvgIpc) is 2.40. The number of Topliss-reactive ketones (excluding diaryl/α,β-unsaturated/α-hetero) is 1. The smallest absolute Gasteiger partial charge is 0.168 e. The largest absolute Gasteiger partial charge is 0.350 e. The van der Waals surface area contributed by atoms with Crippen molar-refractivity contribution in [1.29, 1.82) is 0 Å². The van der Waals surface area contributed by atoms with E-state index < -0.39 is 11.2 Å². The molecule has 0 amide bonds. The van der Waals surface area contributed by atoms with Crippen molar-refractivity contribution in [3.63, 3.8) is 0 Å². The number of allylic oxidation sites excluding steroid dienone is 1. The second kappa shape index (κ2) is 5.76. The molecule has 1 spiro atoms. The summed E-state index contributed by atoms with van der Waals surface area (Å²) in [5, 5.41) is 0. The minimum atomic E-state index is -0.456. The zero-order valence-electron chi connectivity index (χ0n) is 12.2. The molecule has 1 heterocycles. The summed E-state index contributed by atoms with van der Waals surface area (Å²) in [7, 11) is 0. The third-order valence-electron chi connectivity index (χ3n) is 4.57. The van der Waals surface area contributed by atoms with Gasteiger partial charge in [0.2, 0.25) is 0 Å². The van der Waals surface area contributed by atoms with Gasteiger partial charge in [-0.25, -0.2) is 0 Å². The van der Waals surface area contributed by atoms with Crippen LogP contribution in [0, 0.1) is 5.41 Å². The molecule has 0 aromatic carbocycles. The first-order valence-corrected chi connectivity index (χ1v) is 7.46. The van der Waals surface area contributed by atoms with E-state index in [0.717, 1.165) is 32.1 Å². The van der Waals surface area contributed by atoms with Crippen LogP contribution >= 0.6 is 0 Å². The molecule has 1 atom stereocenters. The zero-order valence-corrected chi connectivity index (χ0v) is 12.2. The van der Waals surface area contributed by atoms with E-state index in [1.54, 1.807) is 6.08 Å². The number of hydrogen-bond acceptors (Lipinski definition) is 3. The Labute approximate surface area is 116 Å². The van der Waals surface area contributed by atoms with Crippen LogP contribution in [0.15, 0.2) is 12.7 Å². The normalized spacial score (nSPS) is 27.2. The van der Waals surface area contributed by atoms with Gasteiger partial charge in [-0.1, -0.05) is 26.3 Å². The lowest BCUT2D eigenvalue weighted by atomic mass is 9.78. The van der Waals surface area contributed by atoms with Gasteiger partial charge in [0, 0.05) is 19.3 Å². The average molecular weight is 266 g/mol. The number of carbonyl (C=O) groups excluding carboxylic acids is 1. The van der Waals surface area contributed by atoms with Gasteiger partial charge in [0.25, 0.3) is 0 Å².